The van der Waals surface area contributed by atoms with Crippen molar-refractivity contribution in [1.29, 1.82) is 0 Å². The number of aromatic nitrogens is 5. The lowest BCUT2D eigenvalue weighted by Gasteiger charge is -2.13. The van der Waals surface area contributed by atoms with Crippen molar-refractivity contribution in [3.05, 3.63) is 28.6 Å². The molecule has 1 saturated heterocycles. The Hall–Kier alpha value is -2.46. The third-order valence-corrected chi connectivity index (χ3v) is 5.21. The number of halogens is 1. The molecule has 0 bridgehead atoms. The number of pyridine rings is 1. The monoisotopic (exact) mass is 447 g/mol. The Morgan fingerprint density at radius 1 is 1.29 bits per heavy atom. The van der Waals surface area contributed by atoms with Crippen molar-refractivity contribution in [2.75, 3.05) is 32.5 Å². The van der Waals surface area contributed by atoms with Gasteiger partial charge < -0.3 is 20.1 Å². The molecular weight excluding hydrogens is 426 g/mol. The second-order valence-corrected chi connectivity index (χ2v) is 7.47. The number of nitrogens with two attached hydrogens (primary N) is 1. The van der Waals surface area contributed by atoms with E-state index in [1.54, 1.807) is 6.20 Å². The smallest absolute Gasteiger partial charge is 0.320 e. The molecule has 0 aromatic carbocycles. The Morgan fingerprint density at radius 2 is 2.14 bits per heavy atom. The number of rotatable bonds is 6. The lowest BCUT2D eigenvalue weighted by atomic mass is 10.3. The molecule has 1 atom stereocenters. The van der Waals surface area contributed by atoms with Gasteiger partial charge in [-0.25, -0.2) is 9.97 Å². The van der Waals surface area contributed by atoms with Crippen LogP contribution in [-0.2, 0) is 6.54 Å². The molecule has 0 spiro atoms. The fourth-order valence-electron chi connectivity index (χ4n) is 3.23. The molecule has 0 radical (unpaired) electrons. The highest BCUT2D eigenvalue weighted by Crippen LogP contribution is 2.25. The molecule has 0 amide bonds. The van der Waals surface area contributed by atoms with Gasteiger partial charge in [-0.2, -0.15) is 9.97 Å². The van der Waals surface area contributed by atoms with Crippen LogP contribution in [0.2, 0.25) is 0 Å². The first-order chi connectivity index (χ1) is 13.5. The van der Waals surface area contributed by atoms with E-state index in [9.17, 15) is 0 Å². The molecule has 4 heterocycles. The van der Waals surface area contributed by atoms with Gasteiger partial charge in [0.1, 0.15) is 6.10 Å². The molecule has 9 nitrogen and oxygen atoms in total. The molecule has 3 aromatic rings. The third-order valence-electron chi connectivity index (χ3n) is 4.60. The largest absolute Gasteiger partial charge is 0.473 e. The molecule has 0 unspecified atom stereocenters. The van der Waals surface area contributed by atoms with Gasteiger partial charge in [0.2, 0.25) is 5.88 Å². The Bertz CT molecular complexity index is 976. The normalized spacial score (nSPS) is 17.3. The molecule has 148 valence electrons. The highest BCUT2D eigenvalue weighted by atomic mass is 79.9. The van der Waals surface area contributed by atoms with Crippen LogP contribution in [0.15, 0.2) is 23.1 Å². The molecule has 1 aliphatic rings. The average Bonchev–Trinajstić information content (AvgIpc) is 3.21. The fraction of sp³-hybridized carbons (Fsp3) is 0.444. The molecule has 28 heavy (non-hydrogen) atoms. The topological polar surface area (TPSA) is 104 Å². The standard InChI is InChI=1S/C18H22BrN7O2/c1-3-27-18-23-15(20)14-16(24-18)26(17(19)22-14)9-11-4-5-13(21-8-11)28-12-6-7-25(2)10-12/h4-5,8,12H,3,6-7,9-10H2,1-2H3,(H2,20,23,24)/t12-/m0/s1. The van der Waals surface area contributed by atoms with E-state index in [1.807, 2.05) is 23.6 Å². The van der Waals surface area contributed by atoms with Crippen LogP contribution in [0.4, 0.5) is 5.82 Å². The van der Waals surface area contributed by atoms with Crippen LogP contribution in [0, 0.1) is 0 Å². The summed E-state index contributed by atoms with van der Waals surface area (Å²) in [7, 11) is 2.10. The van der Waals surface area contributed by atoms with Crippen molar-refractivity contribution in [1.82, 2.24) is 29.4 Å². The van der Waals surface area contributed by atoms with Gasteiger partial charge in [0.25, 0.3) is 0 Å². The van der Waals surface area contributed by atoms with Crippen LogP contribution >= 0.6 is 15.9 Å². The zero-order chi connectivity index (χ0) is 19.7. The van der Waals surface area contributed by atoms with Gasteiger partial charge in [0.05, 0.1) is 13.2 Å². The Balaban J connectivity index is 1.55. The second kappa shape index (κ2) is 7.88. The summed E-state index contributed by atoms with van der Waals surface area (Å²) >= 11 is 3.48. The van der Waals surface area contributed by atoms with Gasteiger partial charge in [-0.15, -0.1) is 0 Å². The first-order valence-electron chi connectivity index (χ1n) is 9.15. The molecule has 2 N–H and O–H groups in total. The van der Waals surface area contributed by atoms with Crippen molar-refractivity contribution in [2.45, 2.75) is 26.0 Å². The summed E-state index contributed by atoms with van der Waals surface area (Å²) in [6.07, 6.45) is 3.03. The third kappa shape index (κ3) is 3.88. The molecule has 0 aliphatic carbocycles. The average molecular weight is 448 g/mol. The van der Waals surface area contributed by atoms with E-state index in [-0.39, 0.29) is 17.9 Å². The summed E-state index contributed by atoms with van der Waals surface area (Å²) in [5.41, 5.74) is 8.15. The zero-order valence-electron chi connectivity index (χ0n) is 15.8. The quantitative estimate of drug-likeness (QED) is 0.572. The lowest BCUT2D eigenvalue weighted by molar-refractivity contribution is 0.200. The first-order valence-corrected chi connectivity index (χ1v) is 9.95. The number of hydrogen-bond acceptors (Lipinski definition) is 8. The van der Waals surface area contributed by atoms with Gasteiger partial charge in [-0.05, 0) is 41.9 Å². The molecule has 1 aliphatic heterocycles. The minimum absolute atomic E-state index is 0.201. The van der Waals surface area contributed by atoms with Crippen molar-refractivity contribution in [3.8, 4) is 11.9 Å². The number of imidazole rings is 1. The SMILES string of the molecule is CCOc1nc(N)c2nc(Br)n(Cc3ccc(O[C@H]4CCN(C)C4)nc3)c2n1. The number of ether oxygens (including phenoxy) is 2. The lowest BCUT2D eigenvalue weighted by Crippen LogP contribution is -2.21. The molecule has 3 aromatic heterocycles. The zero-order valence-corrected chi connectivity index (χ0v) is 17.4. The van der Waals surface area contributed by atoms with Crippen molar-refractivity contribution in [3.63, 3.8) is 0 Å². The van der Waals surface area contributed by atoms with Gasteiger partial charge >= 0.3 is 6.01 Å². The number of fused-ring (bicyclic) bond motifs is 1. The van der Waals surface area contributed by atoms with Gasteiger partial charge in [-0.1, -0.05) is 6.07 Å². The van der Waals surface area contributed by atoms with Crippen LogP contribution in [0.1, 0.15) is 18.9 Å². The number of anilines is 1. The Kier molecular flexibility index (Phi) is 5.31. The van der Waals surface area contributed by atoms with Gasteiger partial charge in [0.15, 0.2) is 21.7 Å². The Labute approximate surface area is 171 Å². The Morgan fingerprint density at radius 3 is 2.82 bits per heavy atom. The maximum absolute atomic E-state index is 6.01. The van der Waals surface area contributed by atoms with E-state index in [0.29, 0.717) is 34.9 Å². The first kappa shape index (κ1) is 18.9. The molecule has 1 fully saturated rings. The van der Waals surface area contributed by atoms with Gasteiger partial charge in [-0.3, -0.25) is 4.57 Å². The number of nitrogen functional groups attached to an aromatic ring is 1. The fourth-order valence-corrected chi connectivity index (χ4v) is 3.70. The van der Waals surface area contributed by atoms with E-state index >= 15 is 0 Å². The van der Waals surface area contributed by atoms with Crippen molar-refractivity contribution in [2.24, 2.45) is 0 Å². The predicted molar refractivity (Wildman–Crippen MR) is 108 cm³/mol. The molecule has 4 rings (SSSR count). The minimum atomic E-state index is 0.201. The van der Waals surface area contributed by atoms with Gasteiger partial charge in [0, 0.05) is 25.4 Å². The van der Waals surface area contributed by atoms with E-state index in [4.69, 9.17) is 15.2 Å². The van der Waals surface area contributed by atoms with Crippen molar-refractivity contribution < 1.29 is 9.47 Å². The number of likely N-dealkylation sites (tertiary alicyclic amines) is 1. The highest BCUT2D eigenvalue weighted by Gasteiger charge is 2.21. The summed E-state index contributed by atoms with van der Waals surface area (Å²) < 4.78 is 13.9. The number of hydrogen-bond donors (Lipinski definition) is 1. The predicted octanol–water partition coefficient (Wildman–Crippen LogP) is 2.10. The van der Waals surface area contributed by atoms with E-state index in [2.05, 4.69) is 47.8 Å². The maximum atomic E-state index is 6.01. The highest BCUT2D eigenvalue weighted by molar-refractivity contribution is 9.10. The number of nitrogens with zero attached hydrogens (tertiary/aromatic N) is 6. The van der Waals surface area contributed by atoms with Crippen molar-refractivity contribution >= 4 is 32.9 Å². The summed E-state index contributed by atoms with van der Waals surface area (Å²) in [5.74, 6) is 0.931. The van der Waals surface area contributed by atoms with Crippen LogP contribution < -0.4 is 15.2 Å². The second-order valence-electron chi connectivity index (χ2n) is 6.76. The van der Waals surface area contributed by atoms with Crippen LogP contribution in [0.25, 0.3) is 11.2 Å². The maximum Gasteiger partial charge on any atom is 0.320 e. The van der Waals surface area contributed by atoms with E-state index < -0.39 is 0 Å². The summed E-state index contributed by atoms with van der Waals surface area (Å²) in [6, 6.07) is 4.13. The molecular formula is C18H22BrN7O2. The minimum Gasteiger partial charge on any atom is -0.473 e. The van der Waals surface area contributed by atoms with Crippen LogP contribution in [0.5, 0.6) is 11.9 Å². The van der Waals surface area contributed by atoms with Crippen LogP contribution in [0.3, 0.4) is 0 Å². The summed E-state index contributed by atoms with van der Waals surface area (Å²) in [4.78, 5) is 19.7. The van der Waals surface area contributed by atoms with E-state index in [1.165, 1.54) is 0 Å². The van der Waals surface area contributed by atoms with Crippen LogP contribution in [-0.4, -0.2) is 62.3 Å². The summed E-state index contributed by atoms with van der Waals surface area (Å²) in [6.45, 7) is 4.84. The van der Waals surface area contributed by atoms with E-state index in [0.717, 1.165) is 25.1 Å². The summed E-state index contributed by atoms with van der Waals surface area (Å²) in [5, 5.41) is 0. The number of likely N-dealkylation sites (N-methyl/N-ethyl adjacent to an activating group) is 1. The molecule has 10 heteroatoms. The molecule has 0 saturated carbocycles.